The van der Waals surface area contributed by atoms with Crippen LogP contribution in [-0.4, -0.2) is 62.5 Å². The fraction of sp³-hybridized carbons (Fsp3) is 1.00. The molecule has 17 heavy (non-hydrogen) atoms. The summed E-state index contributed by atoms with van der Waals surface area (Å²) in [6.45, 7) is 14.1. The molecular weight excluding hydrogens is 216 g/mol. The third-order valence-corrected chi connectivity index (χ3v) is 3.17. The number of nitrogens with zero attached hydrogens (tertiary/aromatic N) is 1. The van der Waals surface area contributed by atoms with E-state index in [4.69, 9.17) is 9.47 Å². The molecule has 2 atom stereocenters. The number of morpholine rings is 1. The van der Waals surface area contributed by atoms with Crippen molar-refractivity contribution in [3.05, 3.63) is 0 Å². The summed E-state index contributed by atoms with van der Waals surface area (Å²) < 4.78 is 11.1. The van der Waals surface area contributed by atoms with Gasteiger partial charge in [-0.3, -0.25) is 4.90 Å². The molecule has 0 aliphatic carbocycles. The monoisotopic (exact) mass is 244 g/mol. The van der Waals surface area contributed by atoms with E-state index in [0.717, 1.165) is 39.5 Å². The van der Waals surface area contributed by atoms with Crippen LogP contribution in [0.3, 0.4) is 0 Å². The number of nitrogens with one attached hydrogen (secondary N) is 1. The van der Waals surface area contributed by atoms with Gasteiger partial charge in [0.15, 0.2) is 0 Å². The third kappa shape index (κ3) is 5.82. The Kier molecular flexibility index (Phi) is 7.04. The van der Waals surface area contributed by atoms with Crippen LogP contribution >= 0.6 is 0 Å². The fourth-order valence-corrected chi connectivity index (χ4v) is 2.02. The van der Waals surface area contributed by atoms with Gasteiger partial charge in [0.25, 0.3) is 0 Å². The van der Waals surface area contributed by atoms with E-state index in [0.29, 0.717) is 18.2 Å². The van der Waals surface area contributed by atoms with Gasteiger partial charge >= 0.3 is 0 Å². The predicted molar refractivity (Wildman–Crippen MR) is 70.4 cm³/mol. The van der Waals surface area contributed by atoms with Gasteiger partial charge in [-0.15, -0.1) is 0 Å². The number of hydrogen-bond acceptors (Lipinski definition) is 4. The molecule has 0 aromatic heterocycles. The van der Waals surface area contributed by atoms with E-state index >= 15 is 0 Å². The third-order valence-electron chi connectivity index (χ3n) is 3.17. The molecule has 0 amide bonds. The Morgan fingerprint density at radius 3 is 2.82 bits per heavy atom. The van der Waals surface area contributed by atoms with E-state index in [1.807, 2.05) is 6.92 Å². The highest BCUT2D eigenvalue weighted by atomic mass is 16.5. The number of rotatable bonds is 7. The second kappa shape index (κ2) is 8.03. The van der Waals surface area contributed by atoms with Crippen molar-refractivity contribution in [1.82, 2.24) is 10.2 Å². The molecule has 1 aliphatic heterocycles. The van der Waals surface area contributed by atoms with E-state index in [2.05, 4.69) is 31.0 Å². The maximum atomic E-state index is 5.77. The summed E-state index contributed by atoms with van der Waals surface area (Å²) in [6.07, 6.45) is 0.315. The van der Waals surface area contributed by atoms with Gasteiger partial charge < -0.3 is 14.8 Å². The lowest BCUT2D eigenvalue weighted by atomic mass is 10.2. The van der Waals surface area contributed by atoms with Crippen molar-refractivity contribution in [1.29, 1.82) is 0 Å². The standard InChI is InChI=1S/C13H28N2O2/c1-5-16-10-12(4)14-8-13-9-15(11(2)3)6-7-17-13/h11-14H,5-10H2,1-4H3. The molecule has 0 bridgehead atoms. The van der Waals surface area contributed by atoms with Crippen LogP contribution in [0, 0.1) is 0 Å². The molecule has 102 valence electrons. The molecule has 0 radical (unpaired) electrons. The quantitative estimate of drug-likeness (QED) is 0.727. The van der Waals surface area contributed by atoms with Gasteiger partial charge in [-0.05, 0) is 27.7 Å². The molecule has 1 fully saturated rings. The molecule has 1 saturated heterocycles. The van der Waals surface area contributed by atoms with Crippen LogP contribution in [0.1, 0.15) is 27.7 Å². The second-order valence-corrected chi connectivity index (χ2v) is 5.05. The first-order valence-electron chi connectivity index (χ1n) is 6.80. The van der Waals surface area contributed by atoms with E-state index in [1.165, 1.54) is 0 Å². The molecule has 4 nitrogen and oxygen atoms in total. The van der Waals surface area contributed by atoms with Gasteiger partial charge in [-0.2, -0.15) is 0 Å². The average Bonchev–Trinajstić information content (AvgIpc) is 2.34. The Morgan fingerprint density at radius 1 is 1.41 bits per heavy atom. The Bertz CT molecular complexity index is 200. The summed E-state index contributed by atoms with van der Waals surface area (Å²) in [5.41, 5.74) is 0. The Morgan fingerprint density at radius 2 is 2.18 bits per heavy atom. The molecule has 1 heterocycles. The Hall–Kier alpha value is -0.160. The molecule has 1 rings (SSSR count). The average molecular weight is 244 g/mol. The van der Waals surface area contributed by atoms with Crippen LogP contribution in [0.5, 0.6) is 0 Å². The first-order chi connectivity index (χ1) is 8.13. The zero-order valence-electron chi connectivity index (χ0n) is 11.7. The first kappa shape index (κ1) is 14.9. The molecule has 1 N–H and O–H groups in total. The molecule has 0 aromatic rings. The minimum atomic E-state index is 0.315. The number of ether oxygens (including phenoxy) is 2. The van der Waals surface area contributed by atoms with Crippen LogP contribution in [0.25, 0.3) is 0 Å². The summed E-state index contributed by atoms with van der Waals surface area (Å²) in [6, 6.07) is 1.01. The van der Waals surface area contributed by atoms with E-state index in [9.17, 15) is 0 Å². The smallest absolute Gasteiger partial charge is 0.0826 e. The van der Waals surface area contributed by atoms with Crippen molar-refractivity contribution in [2.45, 2.75) is 45.9 Å². The zero-order valence-corrected chi connectivity index (χ0v) is 11.7. The maximum absolute atomic E-state index is 5.77. The highest BCUT2D eigenvalue weighted by Crippen LogP contribution is 2.08. The Balaban J connectivity index is 2.18. The van der Waals surface area contributed by atoms with Crippen LogP contribution in [0.2, 0.25) is 0 Å². The topological polar surface area (TPSA) is 33.7 Å². The van der Waals surface area contributed by atoms with Gasteiger partial charge in [0.1, 0.15) is 0 Å². The largest absolute Gasteiger partial charge is 0.380 e. The van der Waals surface area contributed by atoms with Crippen LogP contribution in [-0.2, 0) is 9.47 Å². The summed E-state index contributed by atoms with van der Waals surface area (Å²) in [5.74, 6) is 0. The zero-order chi connectivity index (χ0) is 12.7. The maximum Gasteiger partial charge on any atom is 0.0826 e. The lowest BCUT2D eigenvalue weighted by Crippen LogP contribution is -2.50. The normalized spacial score (nSPS) is 24.2. The van der Waals surface area contributed by atoms with Crippen molar-refractivity contribution in [3.63, 3.8) is 0 Å². The summed E-state index contributed by atoms with van der Waals surface area (Å²) in [5, 5.41) is 3.47. The van der Waals surface area contributed by atoms with Gasteiger partial charge in [0.05, 0.1) is 19.3 Å². The molecule has 0 spiro atoms. The number of hydrogen-bond donors (Lipinski definition) is 1. The van der Waals surface area contributed by atoms with Gasteiger partial charge in [-0.25, -0.2) is 0 Å². The van der Waals surface area contributed by atoms with Gasteiger partial charge in [0.2, 0.25) is 0 Å². The van der Waals surface area contributed by atoms with E-state index < -0.39 is 0 Å². The first-order valence-corrected chi connectivity index (χ1v) is 6.80. The molecule has 2 unspecified atom stereocenters. The Labute approximate surface area is 106 Å². The molecule has 1 aliphatic rings. The van der Waals surface area contributed by atoms with Crippen molar-refractivity contribution >= 4 is 0 Å². The van der Waals surface area contributed by atoms with Crippen LogP contribution in [0.15, 0.2) is 0 Å². The predicted octanol–water partition coefficient (Wildman–Crippen LogP) is 1.11. The van der Waals surface area contributed by atoms with Gasteiger partial charge in [0, 0.05) is 38.3 Å². The van der Waals surface area contributed by atoms with Crippen molar-refractivity contribution in [2.24, 2.45) is 0 Å². The molecule has 0 aromatic carbocycles. The fourth-order valence-electron chi connectivity index (χ4n) is 2.02. The van der Waals surface area contributed by atoms with E-state index in [-0.39, 0.29) is 0 Å². The summed E-state index contributed by atoms with van der Waals surface area (Å²) in [4.78, 5) is 2.48. The van der Waals surface area contributed by atoms with Crippen molar-refractivity contribution in [3.8, 4) is 0 Å². The SMILES string of the molecule is CCOCC(C)NCC1CN(C(C)C)CCO1. The molecule has 0 saturated carbocycles. The summed E-state index contributed by atoms with van der Waals surface area (Å²) >= 11 is 0. The molecule has 4 heteroatoms. The summed E-state index contributed by atoms with van der Waals surface area (Å²) in [7, 11) is 0. The minimum Gasteiger partial charge on any atom is -0.380 e. The second-order valence-electron chi connectivity index (χ2n) is 5.05. The van der Waals surface area contributed by atoms with Gasteiger partial charge in [-0.1, -0.05) is 0 Å². The lowest BCUT2D eigenvalue weighted by molar-refractivity contribution is -0.0389. The molecular formula is C13H28N2O2. The van der Waals surface area contributed by atoms with Crippen LogP contribution in [0.4, 0.5) is 0 Å². The van der Waals surface area contributed by atoms with E-state index in [1.54, 1.807) is 0 Å². The highest BCUT2D eigenvalue weighted by molar-refractivity contribution is 4.76. The lowest BCUT2D eigenvalue weighted by Gasteiger charge is -2.36. The van der Waals surface area contributed by atoms with Crippen molar-refractivity contribution in [2.75, 3.05) is 39.5 Å². The highest BCUT2D eigenvalue weighted by Gasteiger charge is 2.22. The van der Waals surface area contributed by atoms with Crippen molar-refractivity contribution < 1.29 is 9.47 Å². The van der Waals surface area contributed by atoms with Crippen LogP contribution < -0.4 is 5.32 Å². The minimum absolute atomic E-state index is 0.315.